The molecule has 0 aliphatic carbocycles. The maximum Gasteiger partial charge on any atom is 0.163 e. The summed E-state index contributed by atoms with van der Waals surface area (Å²) in [6.45, 7) is 2.11. The Morgan fingerprint density at radius 1 is 1.00 bits per heavy atom. The van der Waals surface area contributed by atoms with E-state index in [0.717, 1.165) is 24.5 Å². The second-order valence-corrected chi connectivity index (χ2v) is 4.82. The molecule has 3 nitrogen and oxygen atoms in total. The quantitative estimate of drug-likeness (QED) is 0.774. The molecule has 0 spiro atoms. The highest BCUT2D eigenvalue weighted by atomic mass is 35.5. The van der Waals surface area contributed by atoms with Gasteiger partial charge in [-0.1, -0.05) is 41.9 Å². The van der Waals surface area contributed by atoms with Crippen LogP contribution in [0.2, 0.25) is 5.15 Å². The average Bonchev–Trinajstić information content (AvgIpc) is 2.93. The Hall–Kier alpha value is -1.61. The molecule has 1 aromatic carbocycles. The molecular weight excluding hydrogens is 246 g/mol. The van der Waals surface area contributed by atoms with Gasteiger partial charge >= 0.3 is 0 Å². The maximum atomic E-state index is 6.10. The summed E-state index contributed by atoms with van der Waals surface area (Å²) in [6, 6.07) is 11.8. The monoisotopic (exact) mass is 259 g/mol. The molecule has 2 aromatic rings. The van der Waals surface area contributed by atoms with Gasteiger partial charge in [-0.3, -0.25) is 0 Å². The molecule has 0 amide bonds. The number of rotatable bonds is 2. The van der Waals surface area contributed by atoms with Crippen molar-refractivity contribution in [2.75, 3.05) is 18.0 Å². The number of hydrogen-bond acceptors (Lipinski definition) is 3. The van der Waals surface area contributed by atoms with E-state index in [-0.39, 0.29) is 0 Å². The third kappa shape index (κ3) is 2.31. The lowest BCUT2D eigenvalue weighted by molar-refractivity contribution is 0.930. The van der Waals surface area contributed by atoms with Crippen LogP contribution in [0.1, 0.15) is 12.8 Å². The summed E-state index contributed by atoms with van der Waals surface area (Å²) in [4.78, 5) is 11.2. The number of anilines is 1. The molecule has 0 N–H and O–H groups in total. The standard InChI is InChI=1S/C14H14ClN3/c15-12-10-13(18-8-4-5-9-18)17-14(16-12)11-6-2-1-3-7-11/h1-3,6-7,10H,4-5,8-9H2. The van der Waals surface area contributed by atoms with Gasteiger partial charge in [-0.15, -0.1) is 0 Å². The molecule has 1 aromatic heterocycles. The van der Waals surface area contributed by atoms with E-state index in [1.54, 1.807) is 0 Å². The lowest BCUT2D eigenvalue weighted by Gasteiger charge is -2.17. The normalized spacial score (nSPS) is 15.1. The Bertz CT molecular complexity index is 536. The largest absolute Gasteiger partial charge is 0.356 e. The van der Waals surface area contributed by atoms with Crippen LogP contribution in [-0.4, -0.2) is 23.1 Å². The second-order valence-electron chi connectivity index (χ2n) is 4.43. The van der Waals surface area contributed by atoms with E-state index in [1.165, 1.54) is 12.8 Å². The first-order chi connectivity index (χ1) is 8.83. The van der Waals surface area contributed by atoms with E-state index < -0.39 is 0 Å². The van der Waals surface area contributed by atoms with Gasteiger partial charge in [0.05, 0.1) is 0 Å². The zero-order valence-corrected chi connectivity index (χ0v) is 10.8. The Labute approximate surface area is 111 Å². The van der Waals surface area contributed by atoms with Crippen molar-refractivity contribution in [2.24, 2.45) is 0 Å². The number of benzene rings is 1. The van der Waals surface area contributed by atoms with Crippen LogP contribution in [0.3, 0.4) is 0 Å². The number of nitrogens with zero attached hydrogens (tertiary/aromatic N) is 3. The molecular formula is C14H14ClN3. The van der Waals surface area contributed by atoms with Crippen LogP contribution in [0.15, 0.2) is 36.4 Å². The van der Waals surface area contributed by atoms with Gasteiger partial charge in [0.15, 0.2) is 5.82 Å². The van der Waals surface area contributed by atoms with Crippen molar-refractivity contribution < 1.29 is 0 Å². The summed E-state index contributed by atoms with van der Waals surface area (Å²) < 4.78 is 0. The van der Waals surface area contributed by atoms with Crippen LogP contribution in [0.4, 0.5) is 5.82 Å². The Morgan fingerprint density at radius 3 is 2.44 bits per heavy atom. The fourth-order valence-corrected chi connectivity index (χ4v) is 2.41. The van der Waals surface area contributed by atoms with Crippen molar-refractivity contribution in [3.05, 3.63) is 41.6 Å². The van der Waals surface area contributed by atoms with Gasteiger partial charge in [0.1, 0.15) is 11.0 Å². The molecule has 0 unspecified atom stereocenters. The molecule has 3 rings (SSSR count). The van der Waals surface area contributed by atoms with Crippen molar-refractivity contribution in [2.45, 2.75) is 12.8 Å². The first kappa shape index (κ1) is 11.5. The van der Waals surface area contributed by atoms with E-state index >= 15 is 0 Å². The van der Waals surface area contributed by atoms with E-state index in [4.69, 9.17) is 11.6 Å². The third-order valence-corrected chi connectivity index (χ3v) is 3.34. The van der Waals surface area contributed by atoms with Crippen LogP contribution >= 0.6 is 11.6 Å². The van der Waals surface area contributed by atoms with Crippen LogP contribution in [-0.2, 0) is 0 Å². The highest BCUT2D eigenvalue weighted by molar-refractivity contribution is 6.29. The van der Waals surface area contributed by atoms with E-state index in [9.17, 15) is 0 Å². The van der Waals surface area contributed by atoms with E-state index in [1.807, 2.05) is 36.4 Å². The molecule has 2 heterocycles. The molecule has 18 heavy (non-hydrogen) atoms. The predicted octanol–water partition coefficient (Wildman–Crippen LogP) is 3.40. The SMILES string of the molecule is Clc1cc(N2CCCC2)nc(-c2ccccc2)n1. The molecule has 0 atom stereocenters. The first-order valence-electron chi connectivity index (χ1n) is 6.18. The van der Waals surface area contributed by atoms with Gasteiger partial charge in [-0.05, 0) is 12.8 Å². The van der Waals surface area contributed by atoms with E-state index in [0.29, 0.717) is 11.0 Å². The Morgan fingerprint density at radius 2 is 1.72 bits per heavy atom. The number of aromatic nitrogens is 2. The van der Waals surface area contributed by atoms with Crippen LogP contribution < -0.4 is 4.90 Å². The second kappa shape index (κ2) is 4.94. The predicted molar refractivity (Wildman–Crippen MR) is 73.9 cm³/mol. The number of halogens is 1. The summed E-state index contributed by atoms with van der Waals surface area (Å²) in [6.07, 6.45) is 2.45. The summed E-state index contributed by atoms with van der Waals surface area (Å²) in [5.41, 5.74) is 1.00. The van der Waals surface area contributed by atoms with Crippen molar-refractivity contribution in [1.82, 2.24) is 9.97 Å². The fourth-order valence-electron chi connectivity index (χ4n) is 2.23. The zero-order valence-electron chi connectivity index (χ0n) is 10.0. The molecule has 0 bridgehead atoms. The summed E-state index contributed by atoms with van der Waals surface area (Å²) >= 11 is 6.10. The maximum absolute atomic E-state index is 6.10. The van der Waals surface area contributed by atoms with Crippen LogP contribution in [0, 0.1) is 0 Å². The van der Waals surface area contributed by atoms with Gasteiger partial charge in [0.25, 0.3) is 0 Å². The Balaban J connectivity index is 2.00. The zero-order chi connectivity index (χ0) is 12.4. The van der Waals surface area contributed by atoms with Crippen molar-refractivity contribution in [3.8, 4) is 11.4 Å². The topological polar surface area (TPSA) is 29.0 Å². The summed E-state index contributed by atoms with van der Waals surface area (Å²) in [5.74, 6) is 1.64. The molecule has 92 valence electrons. The third-order valence-electron chi connectivity index (χ3n) is 3.14. The minimum atomic E-state index is 0.505. The molecule has 0 saturated carbocycles. The van der Waals surface area contributed by atoms with Crippen LogP contribution in [0.25, 0.3) is 11.4 Å². The van der Waals surface area contributed by atoms with Gasteiger partial charge in [-0.25, -0.2) is 9.97 Å². The average molecular weight is 260 g/mol. The molecule has 1 saturated heterocycles. The van der Waals surface area contributed by atoms with Gasteiger partial charge in [0, 0.05) is 24.7 Å². The van der Waals surface area contributed by atoms with Crippen molar-refractivity contribution in [1.29, 1.82) is 0 Å². The summed E-state index contributed by atoms with van der Waals surface area (Å²) in [5, 5.41) is 0.505. The molecule has 1 aliphatic heterocycles. The lowest BCUT2D eigenvalue weighted by Crippen LogP contribution is -2.19. The Kier molecular flexibility index (Phi) is 3.15. The van der Waals surface area contributed by atoms with Gasteiger partial charge in [0.2, 0.25) is 0 Å². The first-order valence-corrected chi connectivity index (χ1v) is 6.56. The highest BCUT2D eigenvalue weighted by Crippen LogP contribution is 2.24. The molecule has 4 heteroatoms. The van der Waals surface area contributed by atoms with Gasteiger partial charge < -0.3 is 4.90 Å². The molecule has 1 aliphatic rings. The van der Waals surface area contributed by atoms with E-state index in [2.05, 4.69) is 14.9 Å². The van der Waals surface area contributed by atoms with Crippen molar-refractivity contribution >= 4 is 17.4 Å². The smallest absolute Gasteiger partial charge is 0.163 e. The fraction of sp³-hybridized carbons (Fsp3) is 0.286. The minimum absolute atomic E-state index is 0.505. The number of hydrogen-bond donors (Lipinski definition) is 0. The minimum Gasteiger partial charge on any atom is -0.356 e. The molecule has 0 radical (unpaired) electrons. The summed E-state index contributed by atoms with van der Waals surface area (Å²) in [7, 11) is 0. The van der Waals surface area contributed by atoms with Crippen LogP contribution in [0.5, 0.6) is 0 Å². The van der Waals surface area contributed by atoms with Gasteiger partial charge in [-0.2, -0.15) is 0 Å². The van der Waals surface area contributed by atoms with Crippen molar-refractivity contribution in [3.63, 3.8) is 0 Å². The molecule has 1 fully saturated rings. The lowest BCUT2D eigenvalue weighted by atomic mass is 10.2. The highest BCUT2D eigenvalue weighted by Gasteiger charge is 2.15.